The predicted molar refractivity (Wildman–Crippen MR) is 46.5 cm³/mol. The van der Waals surface area contributed by atoms with Crippen molar-refractivity contribution >= 4 is 0 Å². The van der Waals surface area contributed by atoms with Crippen LogP contribution in [0.15, 0.2) is 0 Å². The first kappa shape index (κ1) is 9.01. The van der Waals surface area contributed by atoms with Crippen molar-refractivity contribution in [2.45, 2.75) is 45.2 Å². The summed E-state index contributed by atoms with van der Waals surface area (Å²) in [6.07, 6.45) is 3.91. The van der Waals surface area contributed by atoms with Crippen LogP contribution in [0.1, 0.15) is 33.1 Å². The van der Waals surface area contributed by atoms with E-state index < -0.39 is 0 Å². The molecule has 0 amide bonds. The highest BCUT2D eigenvalue weighted by Gasteiger charge is 2.21. The van der Waals surface area contributed by atoms with Crippen LogP contribution in [0.3, 0.4) is 0 Å². The van der Waals surface area contributed by atoms with Gasteiger partial charge in [0.05, 0.1) is 6.61 Å². The van der Waals surface area contributed by atoms with Gasteiger partial charge in [-0.25, -0.2) is 0 Å². The van der Waals surface area contributed by atoms with Crippen molar-refractivity contribution in [2.24, 2.45) is 5.92 Å². The summed E-state index contributed by atoms with van der Waals surface area (Å²) >= 11 is 0. The highest BCUT2D eigenvalue weighted by atomic mass is 16.3. The largest absolute Gasteiger partial charge is 0.395 e. The Balaban J connectivity index is 2.17. The summed E-state index contributed by atoms with van der Waals surface area (Å²) < 4.78 is 0. The van der Waals surface area contributed by atoms with Gasteiger partial charge in [0.2, 0.25) is 0 Å². The van der Waals surface area contributed by atoms with E-state index in [2.05, 4.69) is 12.2 Å². The number of hydrogen-bond acceptors (Lipinski definition) is 2. The van der Waals surface area contributed by atoms with Gasteiger partial charge in [0, 0.05) is 12.1 Å². The van der Waals surface area contributed by atoms with Crippen molar-refractivity contribution in [3.8, 4) is 0 Å². The predicted octanol–water partition coefficient (Wildman–Crippen LogP) is 1.15. The Bertz CT molecular complexity index is 116. The molecule has 2 nitrogen and oxygen atoms in total. The first-order chi connectivity index (χ1) is 5.22. The molecule has 0 aliphatic heterocycles. The zero-order valence-corrected chi connectivity index (χ0v) is 7.51. The molecule has 1 fully saturated rings. The fourth-order valence-electron chi connectivity index (χ4n) is 1.81. The number of hydrogen-bond donors (Lipinski definition) is 2. The van der Waals surface area contributed by atoms with Crippen molar-refractivity contribution in [3.63, 3.8) is 0 Å². The lowest BCUT2D eigenvalue weighted by Gasteiger charge is -2.16. The average Bonchev–Trinajstić information content (AvgIpc) is 2.35. The Labute approximate surface area is 69.0 Å². The van der Waals surface area contributed by atoms with Crippen molar-refractivity contribution in [2.75, 3.05) is 6.61 Å². The van der Waals surface area contributed by atoms with Gasteiger partial charge in [0.15, 0.2) is 0 Å². The normalized spacial score (nSPS) is 34.1. The van der Waals surface area contributed by atoms with E-state index in [0.717, 1.165) is 5.92 Å². The van der Waals surface area contributed by atoms with E-state index >= 15 is 0 Å². The van der Waals surface area contributed by atoms with Crippen LogP contribution in [0.25, 0.3) is 0 Å². The molecule has 1 saturated carbocycles. The SMILES string of the molecule is C[C@@H]1CC[C@@H](N[C@H](C)CO)C1. The number of aliphatic hydroxyl groups excluding tert-OH is 1. The van der Waals surface area contributed by atoms with E-state index in [9.17, 15) is 0 Å². The molecule has 0 spiro atoms. The number of aliphatic hydroxyl groups is 1. The lowest BCUT2D eigenvalue weighted by molar-refractivity contribution is 0.240. The first-order valence-corrected chi connectivity index (χ1v) is 4.59. The van der Waals surface area contributed by atoms with Crippen LogP contribution in [-0.2, 0) is 0 Å². The molecule has 1 aliphatic carbocycles. The highest BCUT2D eigenvalue weighted by molar-refractivity contribution is 4.80. The third-order valence-electron chi connectivity index (χ3n) is 2.49. The second-order valence-electron chi connectivity index (χ2n) is 3.87. The van der Waals surface area contributed by atoms with Crippen molar-refractivity contribution in [1.29, 1.82) is 0 Å². The summed E-state index contributed by atoms with van der Waals surface area (Å²) in [6, 6.07) is 0.928. The summed E-state index contributed by atoms with van der Waals surface area (Å²) in [4.78, 5) is 0. The number of nitrogens with one attached hydrogen (secondary N) is 1. The van der Waals surface area contributed by atoms with Crippen LogP contribution in [0.2, 0.25) is 0 Å². The molecule has 2 heteroatoms. The summed E-state index contributed by atoms with van der Waals surface area (Å²) in [5.41, 5.74) is 0. The van der Waals surface area contributed by atoms with E-state index in [0.29, 0.717) is 6.04 Å². The molecule has 1 aliphatic rings. The van der Waals surface area contributed by atoms with Crippen molar-refractivity contribution in [3.05, 3.63) is 0 Å². The molecule has 3 atom stereocenters. The van der Waals surface area contributed by atoms with Gasteiger partial charge in [0.1, 0.15) is 0 Å². The van der Waals surface area contributed by atoms with Gasteiger partial charge in [-0.15, -0.1) is 0 Å². The number of rotatable bonds is 3. The summed E-state index contributed by atoms with van der Waals surface area (Å²) in [5.74, 6) is 0.874. The molecule has 1 rings (SSSR count). The molecule has 0 radical (unpaired) electrons. The molecule has 0 bridgehead atoms. The molecular formula is C9H19NO. The fourth-order valence-corrected chi connectivity index (χ4v) is 1.81. The molecular weight excluding hydrogens is 138 g/mol. The second-order valence-corrected chi connectivity index (χ2v) is 3.87. The van der Waals surface area contributed by atoms with Crippen molar-refractivity contribution < 1.29 is 5.11 Å². The van der Waals surface area contributed by atoms with Gasteiger partial charge in [-0.2, -0.15) is 0 Å². The van der Waals surface area contributed by atoms with Crippen molar-refractivity contribution in [1.82, 2.24) is 5.32 Å². The van der Waals surface area contributed by atoms with Crippen LogP contribution >= 0.6 is 0 Å². The second kappa shape index (κ2) is 4.07. The third kappa shape index (κ3) is 2.80. The Morgan fingerprint density at radius 3 is 2.73 bits per heavy atom. The Morgan fingerprint density at radius 2 is 2.27 bits per heavy atom. The van der Waals surface area contributed by atoms with Gasteiger partial charge in [0.25, 0.3) is 0 Å². The highest BCUT2D eigenvalue weighted by Crippen LogP contribution is 2.24. The van der Waals surface area contributed by atoms with E-state index in [4.69, 9.17) is 5.11 Å². The van der Waals surface area contributed by atoms with Crippen LogP contribution in [0.4, 0.5) is 0 Å². The fraction of sp³-hybridized carbons (Fsp3) is 1.00. The lowest BCUT2D eigenvalue weighted by atomic mass is 10.1. The molecule has 0 saturated heterocycles. The minimum Gasteiger partial charge on any atom is -0.395 e. The third-order valence-corrected chi connectivity index (χ3v) is 2.49. The zero-order chi connectivity index (χ0) is 8.27. The quantitative estimate of drug-likeness (QED) is 0.644. The molecule has 0 heterocycles. The summed E-state index contributed by atoms with van der Waals surface area (Å²) in [5, 5.41) is 12.2. The molecule has 0 aromatic heterocycles. The average molecular weight is 157 g/mol. The molecule has 66 valence electrons. The maximum absolute atomic E-state index is 8.80. The standard InChI is InChI=1S/C9H19NO/c1-7-3-4-9(5-7)10-8(2)6-11/h7-11H,3-6H2,1-2H3/t7-,8-,9-/m1/s1. The van der Waals surface area contributed by atoms with Gasteiger partial charge >= 0.3 is 0 Å². The maximum atomic E-state index is 8.80. The first-order valence-electron chi connectivity index (χ1n) is 4.59. The molecule has 0 aromatic carbocycles. The van der Waals surface area contributed by atoms with Crippen LogP contribution in [0, 0.1) is 5.92 Å². The van der Waals surface area contributed by atoms with E-state index in [1.54, 1.807) is 0 Å². The van der Waals surface area contributed by atoms with E-state index in [1.807, 2.05) is 6.92 Å². The Hall–Kier alpha value is -0.0800. The molecule has 0 unspecified atom stereocenters. The van der Waals surface area contributed by atoms with Gasteiger partial charge < -0.3 is 10.4 Å². The van der Waals surface area contributed by atoms with E-state index in [1.165, 1.54) is 19.3 Å². The molecule has 2 N–H and O–H groups in total. The van der Waals surface area contributed by atoms with Gasteiger partial charge in [-0.3, -0.25) is 0 Å². The van der Waals surface area contributed by atoms with Gasteiger partial charge in [-0.05, 0) is 32.1 Å². The zero-order valence-electron chi connectivity index (χ0n) is 7.51. The summed E-state index contributed by atoms with van der Waals surface area (Å²) in [7, 11) is 0. The Morgan fingerprint density at radius 1 is 1.55 bits per heavy atom. The lowest BCUT2D eigenvalue weighted by Crippen LogP contribution is -2.37. The van der Waals surface area contributed by atoms with Gasteiger partial charge in [-0.1, -0.05) is 6.92 Å². The topological polar surface area (TPSA) is 32.3 Å². The maximum Gasteiger partial charge on any atom is 0.0582 e. The van der Waals surface area contributed by atoms with Crippen LogP contribution < -0.4 is 5.32 Å². The molecule has 0 aromatic rings. The monoisotopic (exact) mass is 157 g/mol. The molecule has 11 heavy (non-hydrogen) atoms. The minimum absolute atomic E-state index is 0.255. The Kier molecular flexibility index (Phi) is 3.34. The van der Waals surface area contributed by atoms with Crippen LogP contribution in [-0.4, -0.2) is 23.8 Å². The smallest absolute Gasteiger partial charge is 0.0582 e. The van der Waals surface area contributed by atoms with E-state index in [-0.39, 0.29) is 12.6 Å². The minimum atomic E-state index is 0.255. The van der Waals surface area contributed by atoms with Crippen LogP contribution in [0.5, 0.6) is 0 Å². The summed E-state index contributed by atoms with van der Waals surface area (Å²) in [6.45, 7) is 4.58.